The van der Waals surface area contributed by atoms with Crippen molar-refractivity contribution in [3.05, 3.63) is 54.6 Å². The number of anilines is 1. The van der Waals surface area contributed by atoms with Gasteiger partial charge in [0.05, 0.1) is 18.0 Å². The van der Waals surface area contributed by atoms with Crippen molar-refractivity contribution in [2.75, 3.05) is 24.6 Å². The minimum Gasteiger partial charge on any atom is -0.466 e. The first-order valence-electron chi connectivity index (χ1n) is 9.59. The molecule has 1 aromatic carbocycles. The fraction of sp³-hybridized carbons (Fsp3) is 0.318. The lowest BCUT2D eigenvalue weighted by molar-refractivity contribution is -0.148. The molecule has 0 radical (unpaired) electrons. The topological polar surface area (TPSA) is 55.3 Å². The van der Waals surface area contributed by atoms with E-state index in [-0.39, 0.29) is 11.9 Å². The minimum atomic E-state index is -0.498. The van der Waals surface area contributed by atoms with E-state index in [0.717, 1.165) is 53.8 Å². The standard InChI is InChI=1S/C22H22FN3O2/c1-2-28-22(27)16-10-12-26(13-11-16)20-9-7-15-4-3-5-18(21(15)25-20)17-6-8-19(23)24-14-17/h3-9,14,16H,2,10-13H2,1H3. The van der Waals surface area contributed by atoms with Crippen LogP contribution in [0.25, 0.3) is 22.0 Å². The van der Waals surface area contributed by atoms with Gasteiger partial charge < -0.3 is 9.64 Å². The number of esters is 1. The molecule has 0 atom stereocenters. The summed E-state index contributed by atoms with van der Waals surface area (Å²) in [5.74, 6) is 0.261. The summed E-state index contributed by atoms with van der Waals surface area (Å²) in [5.41, 5.74) is 2.62. The van der Waals surface area contributed by atoms with Gasteiger partial charge in [-0.3, -0.25) is 4.79 Å². The van der Waals surface area contributed by atoms with Crippen LogP contribution >= 0.6 is 0 Å². The van der Waals surface area contributed by atoms with E-state index in [1.807, 2.05) is 31.2 Å². The monoisotopic (exact) mass is 379 g/mol. The molecule has 1 fully saturated rings. The van der Waals surface area contributed by atoms with Crippen LogP contribution in [0.15, 0.2) is 48.7 Å². The van der Waals surface area contributed by atoms with Gasteiger partial charge in [0.1, 0.15) is 5.82 Å². The Kier molecular flexibility index (Phi) is 5.19. The number of pyridine rings is 2. The van der Waals surface area contributed by atoms with Crippen LogP contribution < -0.4 is 4.90 Å². The number of para-hydroxylation sites is 1. The van der Waals surface area contributed by atoms with Crippen molar-refractivity contribution in [2.45, 2.75) is 19.8 Å². The Morgan fingerprint density at radius 1 is 1.18 bits per heavy atom. The summed E-state index contributed by atoms with van der Waals surface area (Å²) in [6.07, 6.45) is 3.06. The highest BCUT2D eigenvalue weighted by molar-refractivity contribution is 5.94. The van der Waals surface area contributed by atoms with Gasteiger partial charge in [-0.2, -0.15) is 4.39 Å². The molecule has 0 bridgehead atoms. The number of fused-ring (bicyclic) bond motifs is 1. The summed E-state index contributed by atoms with van der Waals surface area (Å²) < 4.78 is 18.3. The van der Waals surface area contributed by atoms with Crippen LogP contribution in [0.5, 0.6) is 0 Å². The number of benzene rings is 1. The first-order valence-corrected chi connectivity index (χ1v) is 9.59. The second kappa shape index (κ2) is 7.92. The van der Waals surface area contributed by atoms with E-state index < -0.39 is 5.95 Å². The molecule has 0 amide bonds. The van der Waals surface area contributed by atoms with Gasteiger partial charge in [0, 0.05) is 35.8 Å². The van der Waals surface area contributed by atoms with E-state index in [1.54, 1.807) is 6.07 Å². The van der Waals surface area contributed by atoms with Gasteiger partial charge >= 0.3 is 5.97 Å². The Morgan fingerprint density at radius 2 is 2.00 bits per heavy atom. The molecule has 1 aliphatic heterocycles. The van der Waals surface area contributed by atoms with Crippen molar-refractivity contribution in [1.29, 1.82) is 0 Å². The lowest BCUT2D eigenvalue weighted by Gasteiger charge is -2.31. The van der Waals surface area contributed by atoms with Crippen LogP contribution in [0.3, 0.4) is 0 Å². The number of hydrogen-bond donors (Lipinski definition) is 0. The molecule has 0 N–H and O–H groups in total. The number of hydrogen-bond acceptors (Lipinski definition) is 5. The highest BCUT2D eigenvalue weighted by atomic mass is 19.1. The van der Waals surface area contributed by atoms with Gasteiger partial charge in [0.15, 0.2) is 0 Å². The highest BCUT2D eigenvalue weighted by Crippen LogP contribution is 2.30. The Balaban J connectivity index is 1.60. The highest BCUT2D eigenvalue weighted by Gasteiger charge is 2.26. The predicted molar refractivity (Wildman–Crippen MR) is 107 cm³/mol. The molecular formula is C22H22FN3O2. The number of nitrogens with zero attached hydrogens (tertiary/aromatic N) is 3. The molecule has 0 aliphatic carbocycles. The summed E-state index contributed by atoms with van der Waals surface area (Å²) in [4.78, 5) is 22.8. The average molecular weight is 379 g/mol. The maximum atomic E-state index is 13.2. The normalized spacial score (nSPS) is 15.0. The molecular weight excluding hydrogens is 357 g/mol. The number of aromatic nitrogens is 2. The summed E-state index contributed by atoms with van der Waals surface area (Å²) in [6.45, 7) is 3.79. The van der Waals surface area contributed by atoms with E-state index >= 15 is 0 Å². The van der Waals surface area contributed by atoms with Crippen LogP contribution in [0, 0.1) is 11.9 Å². The van der Waals surface area contributed by atoms with Crippen LogP contribution in [-0.4, -0.2) is 35.6 Å². The SMILES string of the molecule is CCOC(=O)C1CCN(c2ccc3cccc(-c4ccc(F)nc4)c3n2)CC1. The molecule has 2 aromatic heterocycles. The molecule has 1 saturated heterocycles. The average Bonchev–Trinajstić information content (AvgIpc) is 2.74. The van der Waals surface area contributed by atoms with Gasteiger partial charge in [-0.25, -0.2) is 9.97 Å². The smallest absolute Gasteiger partial charge is 0.309 e. The van der Waals surface area contributed by atoms with Crippen LogP contribution in [0.2, 0.25) is 0 Å². The lowest BCUT2D eigenvalue weighted by atomic mass is 9.97. The summed E-state index contributed by atoms with van der Waals surface area (Å²) >= 11 is 0. The van der Waals surface area contributed by atoms with Crippen molar-refractivity contribution in [1.82, 2.24) is 9.97 Å². The molecule has 0 unspecified atom stereocenters. The van der Waals surface area contributed by atoms with E-state index in [0.29, 0.717) is 6.61 Å². The Labute approximate surface area is 163 Å². The molecule has 4 rings (SSSR count). The number of halogens is 1. The molecule has 5 nitrogen and oxygen atoms in total. The molecule has 6 heteroatoms. The van der Waals surface area contributed by atoms with Crippen LogP contribution in [0.4, 0.5) is 10.2 Å². The zero-order chi connectivity index (χ0) is 19.5. The van der Waals surface area contributed by atoms with E-state index in [1.165, 1.54) is 12.3 Å². The lowest BCUT2D eigenvalue weighted by Crippen LogP contribution is -2.37. The maximum Gasteiger partial charge on any atom is 0.309 e. The first kappa shape index (κ1) is 18.3. The Morgan fingerprint density at radius 3 is 2.71 bits per heavy atom. The minimum absolute atomic E-state index is 0.0301. The second-order valence-electron chi connectivity index (χ2n) is 6.93. The number of carbonyl (C=O) groups is 1. The van der Waals surface area contributed by atoms with Gasteiger partial charge in [0.25, 0.3) is 0 Å². The summed E-state index contributed by atoms with van der Waals surface area (Å²) in [5, 5.41) is 1.02. The van der Waals surface area contributed by atoms with Crippen molar-refractivity contribution in [2.24, 2.45) is 5.92 Å². The fourth-order valence-electron chi connectivity index (χ4n) is 3.69. The third-order valence-electron chi connectivity index (χ3n) is 5.18. The van der Waals surface area contributed by atoms with E-state index in [4.69, 9.17) is 9.72 Å². The Bertz CT molecular complexity index is 983. The van der Waals surface area contributed by atoms with Crippen molar-refractivity contribution >= 4 is 22.7 Å². The van der Waals surface area contributed by atoms with E-state index in [2.05, 4.69) is 16.0 Å². The van der Waals surface area contributed by atoms with Crippen LogP contribution in [-0.2, 0) is 9.53 Å². The number of ether oxygens (including phenoxy) is 1. The Hall–Kier alpha value is -3.02. The molecule has 144 valence electrons. The summed E-state index contributed by atoms with van der Waals surface area (Å²) in [7, 11) is 0. The number of carbonyl (C=O) groups excluding carboxylic acids is 1. The first-order chi connectivity index (χ1) is 13.7. The zero-order valence-corrected chi connectivity index (χ0v) is 15.8. The van der Waals surface area contributed by atoms with Gasteiger partial charge in [-0.05, 0) is 44.0 Å². The summed E-state index contributed by atoms with van der Waals surface area (Å²) in [6, 6.07) is 13.1. The van der Waals surface area contributed by atoms with Crippen molar-refractivity contribution in [3.63, 3.8) is 0 Å². The number of piperidine rings is 1. The zero-order valence-electron chi connectivity index (χ0n) is 15.8. The third kappa shape index (κ3) is 3.67. The molecule has 0 spiro atoms. The second-order valence-corrected chi connectivity index (χ2v) is 6.93. The molecule has 3 aromatic rings. The van der Waals surface area contributed by atoms with Gasteiger partial charge in [-0.1, -0.05) is 18.2 Å². The molecule has 28 heavy (non-hydrogen) atoms. The number of rotatable bonds is 4. The van der Waals surface area contributed by atoms with Gasteiger partial charge in [0.2, 0.25) is 5.95 Å². The van der Waals surface area contributed by atoms with Gasteiger partial charge in [-0.15, -0.1) is 0 Å². The predicted octanol–water partition coefficient (Wildman–Crippen LogP) is 4.22. The molecule has 3 heterocycles. The van der Waals surface area contributed by atoms with Crippen LogP contribution in [0.1, 0.15) is 19.8 Å². The molecule has 1 aliphatic rings. The quantitative estimate of drug-likeness (QED) is 0.502. The van der Waals surface area contributed by atoms with E-state index in [9.17, 15) is 9.18 Å². The van der Waals surface area contributed by atoms with Crippen molar-refractivity contribution < 1.29 is 13.9 Å². The molecule has 0 saturated carbocycles. The maximum absolute atomic E-state index is 13.2. The van der Waals surface area contributed by atoms with Crippen molar-refractivity contribution in [3.8, 4) is 11.1 Å². The largest absolute Gasteiger partial charge is 0.466 e. The third-order valence-corrected chi connectivity index (χ3v) is 5.18. The fourth-order valence-corrected chi connectivity index (χ4v) is 3.69.